The van der Waals surface area contributed by atoms with Crippen LogP contribution in [0.3, 0.4) is 0 Å². The Morgan fingerprint density at radius 3 is 1.88 bits per heavy atom. The Morgan fingerprint density at radius 2 is 1.22 bits per heavy atom. The van der Waals surface area contributed by atoms with Gasteiger partial charge >= 0.3 is 0 Å². The molecular formula is C95H113N3. The minimum Gasteiger partial charge on any atom is -0.351 e. The average molecular weight is 1300 g/mol. The highest BCUT2D eigenvalue weighted by Gasteiger charge is 2.30. The van der Waals surface area contributed by atoms with Crippen molar-refractivity contribution in [2.75, 3.05) is 21.7 Å². The van der Waals surface area contributed by atoms with Crippen molar-refractivity contribution < 1.29 is 0 Å². The number of hydrogen-bond donors (Lipinski definition) is 0. The minimum absolute atomic E-state index is 0.200. The fourth-order valence-electron chi connectivity index (χ4n) is 13.3. The molecule has 0 radical (unpaired) electrons. The van der Waals surface area contributed by atoms with E-state index < -0.39 is 0 Å². The van der Waals surface area contributed by atoms with E-state index in [1.54, 1.807) is 0 Å². The summed E-state index contributed by atoms with van der Waals surface area (Å²) in [5.41, 5.74) is 26.1. The number of rotatable bonds is 22. The molecule has 7 aromatic rings. The fraction of sp³-hybridized carbons (Fsp3) is 0.284. The zero-order chi connectivity index (χ0) is 70.3. The lowest BCUT2D eigenvalue weighted by atomic mass is 9.82. The number of unbranched alkanes of at least 4 members (excludes halogenated alkanes) is 1. The number of anilines is 4. The second-order valence-electron chi connectivity index (χ2n) is 25.6. The third-order valence-electron chi connectivity index (χ3n) is 18.5. The molecule has 0 aromatic heterocycles. The van der Waals surface area contributed by atoms with Gasteiger partial charge in [0.1, 0.15) is 0 Å². The molecule has 98 heavy (non-hydrogen) atoms. The fourth-order valence-corrected chi connectivity index (χ4v) is 13.3. The van der Waals surface area contributed by atoms with Crippen molar-refractivity contribution in [1.29, 1.82) is 0 Å². The van der Waals surface area contributed by atoms with E-state index in [2.05, 4.69) is 364 Å². The van der Waals surface area contributed by atoms with Gasteiger partial charge in [-0.2, -0.15) is 0 Å². The van der Waals surface area contributed by atoms with Crippen molar-refractivity contribution >= 4 is 39.5 Å². The average Bonchev–Trinajstić information content (AvgIpc) is 0.847. The van der Waals surface area contributed by atoms with Crippen LogP contribution < -0.4 is 14.7 Å². The Bertz CT molecular complexity index is 4050. The van der Waals surface area contributed by atoms with Gasteiger partial charge in [-0.25, -0.2) is 0 Å². The predicted octanol–water partition coefficient (Wildman–Crippen LogP) is 28.2. The van der Waals surface area contributed by atoms with E-state index in [0.29, 0.717) is 17.8 Å². The van der Waals surface area contributed by atoms with Crippen LogP contribution >= 0.6 is 0 Å². The maximum atomic E-state index is 4.43. The third-order valence-corrected chi connectivity index (χ3v) is 18.5. The van der Waals surface area contributed by atoms with E-state index in [9.17, 15) is 0 Å². The van der Waals surface area contributed by atoms with Gasteiger partial charge in [0.2, 0.25) is 0 Å². The summed E-state index contributed by atoms with van der Waals surface area (Å²) in [7, 11) is 2.13. The summed E-state index contributed by atoms with van der Waals surface area (Å²) in [6.45, 7) is 36.5. The molecule has 7 aromatic carbocycles. The third kappa shape index (κ3) is 20.1. The molecule has 0 spiro atoms. The molecule has 2 aliphatic carbocycles. The van der Waals surface area contributed by atoms with Gasteiger partial charge in [0.25, 0.3) is 0 Å². The molecule has 3 aliphatic rings. The van der Waals surface area contributed by atoms with Crippen molar-refractivity contribution in [1.82, 2.24) is 0 Å². The lowest BCUT2D eigenvalue weighted by Gasteiger charge is -2.39. The highest BCUT2D eigenvalue weighted by Crippen LogP contribution is 2.45. The van der Waals surface area contributed by atoms with Crippen LogP contribution in [0.25, 0.3) is 50.1 Å². The smallest absolute Gasteiger partial charge is 0.0536 e. The first-order valence-electron chi connectivity index (χ1n) is 36.5. The summed E-state index contributed by atoms with van der Waals surface area (Å²) < 4.78 is 0. The van der Waals surface area contributed by atoms with Crippen molar-refractivity contribution in [2.24, 2.45) is 11.8 Å². The Hall–Kier alpha value is -9.44. The first-order valence-corrected chi connectivity index (χ1v) is 36.5. The van der Waals surface area contributed by atoms with Crippen LogP contribution in [0.2, 0.25) is 0 Å². The first kappa shape index (κ1) is 75.9. The maximum Gasteiger partial charge on any atom is 0.0536 e. The molecule has 3 nitrogen and oxygen atoms in total. The molecule has 0 amide bonds. The standard InChI is InChI=1S/C67H66N2.C24H35N.2C2H6/c1-7-10-33-65-50(6)63-31-20-21-32-64(63)54-27-16-12-17-28-60(47-54)68(65)58-40-36-52(37-41-58)56-44-55(51-25-14-11-15-26-51)45-57(46-56)53-38-42-59(43-39-53)69(66-35-23-22-30-61(66)48(4)9-3)67-34-19-13-18-29-62(67)49(5)24-8-2;1-7-8-9-10-13-19-25(6)24-18-12-11-17-23(24)22(5)21(4)16-14-15-20(2)3;2*1-2/h8-11,13-18,20-28,30-33,35-46,49,54,60H,3-4,7,12,19,29,34,47H2,1-2,5-6H3;7-8,11-15,17-20H,9-10,16H2,1-6H3;2*1-2H3/b24-8-,27-16-,28-17-,33-10-,65-50-;8-7-,15-14?,19-13+,22-21+;;. The van der Waals surface area contributed by atoms with Crippen molar-refractivity contribution in [3.8, 4) is 33.4 Å². The van der Waals surface area contributed by atoms with E-state index in [1.165, 1.54) is 95.1 Å². The monoisotopic (exact) mass is 1300 g/mol. The normalized spacial score (nSPS) is 17.3. The first-order chi connectivity index (χ1) is 47.8. The van der Waals surface area contributed by atoms with Crippen LogP contribution in [-0.4, -0.2) is 13.1 Å². The molecule has 2 bridgehead atoms. The number of hydrogen-bond acceptors (Lipinski definition) is 3. The Kier molecular flexibility index (Phi) is 30.8. The highest BCUT2D eigenvalue weighted by atomic mass is 15.2. The largest absolute Gasteiger partial charge is 0.351 e. The number of benzene rings is 7. The van der Waals surface area contributed by atoms with Gasteiger partial charge < -0.3 is 14.7 Å². The Morgan fingerprint density at radius 1 is 0.622 bits per heavy atom. The van der Waals surface area contributed by atoms with E-state index in [0.717, 1.165) is 80.3 Å². The molecule has 3 heteroatoms. The minimum atomic E-state index is 0.200. The molecule has 1 heterocycles. The number of para-hydroxylation sites is 2. The molecule has 10 rings (SSSR count). The van der Waals surface area contributed by atoms with Gasteiger partial charge in [-0.1, -0.05) is 281 Å². The van der Waals surface area contributed by atoms with Gasteiger partial charge in [-0.05, 0) is 238 Å². The summed E-state index contributed by atoms with van der Waals surface area (Å²) in [4.78, 5) is 7.32. The van der Waals surface area contributed by atoms with Gasteiger partial charge in [-0.3, -0.25) is 0 Å². The van der Waals surface area contributed by atoms with Gasteiger partial charge in [0.05, 0.1) is 11.7 Å². The molecule has 508 valence electrons. The molecule has 1 aliphatic heterocycles. The van der Waals surface area contributed by atoms with Crippen LogP contribution in [-0.2, 0) is 0 Å². The summed E-state index contributed by atoms with van der Waals surface area (Å²) in [6, 6.07) is 63.0. The quantitative estimate of drug-likeness (QED) is 0.0380. The summed E-state index contributed by atoms with van der Waals surface area (Å²) in [6.07, 6.45) is 47.6. The SMILES string of the molecule is C/C=C\CC/C=C/N(C)c1ccccc1/C(C)=C(\C)CC=CC(C)C.C=CC(=C)c1ccccc1N(C1=C(C(C)/C=C\C)CC=CCC1)c1ccc(-c2cc(-c3ccccc3)cc(-c3ccc(N4C(/C=C\CC)=C(/C)c5ccccc5C5/C=C\C/C=C\C4C5)cc3)c2)cc1.CC.CC. The topological polar surface area (TPSA) is 9.72 Å². The van der Waals surface area contributed by atoms with Crippen LogP contribution in [0.15, 0.2) is 309 Å². The summed E-state index contributed by atoms with van der Waals surface area (Å²) in [5.74, 6) is 1.25. The Labute approximate surface area is 593 Å². The van der Waals surface area contributed by atoms with E-state index in [1.807, 2.05) is 33.8 Å². The molecule has 0 saturated heterocycles. The van der Waals surface area contributed by atoms with Gasteiger partial charge in [-0.15, -0.1) is 0 Å². The number of nitrogens with zero attached hydrogens (tertiary/aromatic N) is 3. The molecule has 0 fully saturated rings. The molecule has 0 saturated carbocycles. The van der Waals surface area contributed by atoms with E-state index >= 15 is 0 Å². The summed E-state index contributed by atoms with van der Waals surface area (Å²) in [5, 5.41) is 0. The molecule has 0 N–H and O–H groups in total. The van der Waals surface area contributed by atoms with E-state index in [-0.39, 0.29) is 6.04 Å². The predicted molar refractivity (Wildman–Crippen MR) is 437 cm³/mol. The maximum absolute atomic E-state index is 4.43. The molecular weight excluding hydrogens is 1180 g/mol. The van der Waals surface area contributed by atoms with Gasteiger partial charge in [0.15, 0.2) is 0 Å². The molecule has 3 atom stereocenters. The lowest BCUT2D eigenvalue weighted by molar-refractivity contribution is 0.627. The van der Waals surface area contributed by atoms with Gasteiger partial charge in [0, 0.05) is 52.5 Å². The zero-order valence-corrected chi connectivity index (χ0v) is 61.9. The molecule has 3 unspecified atom stereocenters. The highest BCUT2D eigenvalue weighted by molar-refractivity contribution is 5.88. The van der Waals surface area contributed by atoms with Crippen LogP contribution in [0.4, 0.5) is 22.7 Å². The Balaban J connectivity index is 0.000000392. The number of allylic oxidation sites excluding steroid dienone is 21. The lowest BCUT2D eigenvalue weighted by Crippen LogP contribution is -2.36. The van der Waals surface area contributed by atoms with Crippen molar-refractivity contribution in [3.05, 3.63) is 331 Å². The van der Waals surface area contributed by atoms with E-state index in [4.69, 9.17) is 0 Å². The van der Waals surface area contributed by atoms with Crippen molar-refractivity contribution in [3.63, 3.8) is 0 Å². The van der Waals surface area contributed by atoms with Crippen molar-refractivity contribution in [2.45, 2.75) is 160 Å². The number of fused-ring (bicyclic) bond motifs is 4. The second kappa shape index (κ2) is 39.7. The van der Waals surface area contributed by atoms with Crippen LogP contribution in [0.5, 0.6) is 0 Å². The summed E-state index contributed by atoms with van der Waals surface area (Å²) >= 11 is 0. The van der Waals surface area contributed by atoms with Crippen LogP contribution in [0, 0.1) is 11.8 Å². The van der Waals surface area contributed by atoms with Crippen LogP contribution in [0.1, 0.15) is 176 Å². The zero-order valence-electron chi connectivity index (χ0n) is 61.9. The second-order valence-corrected chi connectivity index (χ2v) is 25.6.